The zero-order chi connectivity index (χ0) is 16.4. The highest BCUT2D eigenvalue weighted by molar-refractivity contribution is 5.76. The topological polar surface area (TPSA) is 32.3 Å². The van der Waals surface area contributed by atoms with Crippen LogP contribution in [0.15, 0.2) is 30.3 Å². The Morgan fingerprint density at radius 2 is 1.77 bits per heavy atom. The Hall–Kier alpha value is -1.35. The van der Waals surface area contributed by atoms with Gasteiger partial charge in [0.05, 0.1) is 6.04 Å². The van der Waals surface area contributed by atoms with E-state index in [2.05, 4.69) is 62.2 Å². The maximum absolute atomic E-state index is 12.1. The van der Waals surface area contributed by atoms with Crippen LogP contribution in [0.5, 0.6) is 0 Å². The number of hydrogen-bond donors (Lipinski definition) is 1. The van der Waals surface area contributed by atoms with Gasteiger partial charge in [0.1, 0.15) is 0 Å². The fourth-order valence-electron chi connectivity index (χ4n) is 2.99. The fraction of sp³-hybridized carbons (Fsp3) is 0.632. The average Bonchev–Trinajstić information content (AvgIpc) is 2.52. The predicted molar refractivity (Wildman–Crippen MR) is 93.8 cm³/mol. The molecule has 2 unspecified atom stereocenters. The second-order valence-electron chi connectivity index (χ2n) is 6.05. The number of nitrogens with one attached hydrogen (secondary N) is 1. The lowest BCUT2D eigenvalue weighted by Gasteiger charge is -2.30. The minimum atomic E-state index is 0.175. The van der Waals surface area contributed by atoms with Crippen molar-refractivity contribution in [1.82, 2.24) is 10.2 Å². The Morgan fingerprint density at radius 1 is 1.14 bits per heavy atom. The molecule has 0 aliphatic heterocycles. The van der Waals surface area contributed by atoms with Crippen molar-refractivity contribution in [1.29, 1.82) is 0 Å². The minimum Gasteiger partial charge on any atom is -0.354 e. The fourth-order valence-corrected chi connectivity index (χ4v) is 2.99. The van der Waals surface area contributed by atoms with Crippen molar-refractivity contribution in [2.24, 2.45) is 5.92 Å². The molecule has 0 heterocycles. The van der Waals surface area contributed by atoms with E-state index in [1.54, 1.807) is 0 Å². The normalized spacial score (nSPS) is 13.9. The zero-order valence-corrected chi connectivity index (χ0v) is 14.6. The summed E-state index contributed by atoms with van der Waals surface area (Å²) in [7, 11) is 0. The number of nitrogens with zero attached hydrogens (tertiary/aromatic N) is 1. The van der Waals surface area contributed by atoms with Crippen LogP contribution in [0.3, 0.4) is 0 Å². The summed E-state index contributed by atoms with van der Waals surface area (Å²) in [6, 6.07) is 10.7. The molecule has 1 amide bonds. The molecule has 3 nitrogen and oxygen atoms in total. The van der Waals surface area contributed by atoms with Gasteiger partial charge >= 0.3 is 0 Å². The summed E-state index contributed by atoms with van der Waals surface area (Å²) in [4.78, 5) is 14.5. The molecule has 22 heavy (non-hydrogen) atoms. The van der Waals surface area contributed by atoms with E-state index < -0.39 is 0 Å². The van der Waals surface area contributed by atoms with E-state index >= 15 is 0 Å². The van der Waals surface area contributed by atoms with Crippen LogP contribution < -0.4 is 5.32 Å². The lowest BCUT2D eigenvalue weighted by Crippen LogP contribution is -2.38. The molecule has 3 heteroatoms. The Bertz CT molecular complexity index is 415. The van der Waals surface area contributed by atoms with Crippen LogP contribution in [0.25, 0.3) is 0 Å². The van der Waals surface area contributed by atoms with E-state index in [4.69, 9.17) is 0 Å². The van der Waals surface area contributed by atoms with Gasteiger partial charge in [-0.1, -0.05) is 70.9 Å². The third-order valence-corrected chi connectivity index (χ3v) is 4.25. The number of benzene rings is 1. The summed E-state index contributed by atoms with van der Waals surface area (Å²) in [5.41, 5.74) is 1.27. The average molecular weight is 304 g/mol. The summed E-state index contributed by atoms with van der Waals surface area (Å²) in [6.45, 7) is 11.3. The highest BCUT2D eigenvalue weighted by Crippen LogP contribution is 2.19. The number of amides is 1. The minimum absolute atomic E-state index is 0.175. The Kier molecular flexibility index (Phi) is 8.83. The first-order valence-corrected chi connectivity index (χ1v) is 8.67. The number of rotatable bonds is 10. The van der Waals surface area contributed by atoms with Gasteiger partial charge in [0, 0.05) is 13.0 Å². The van der Waals surface area contributed by atoms with Gasteiger partial charge in [-0.15, -0.1) is 0 Å². The number of carbonyl (C=O) groups excluding carboxylic acids is 1. The van der Waals surface area contributed by atoms with E-state index in [1.807, 2.05) is 6.07 Å². The maximum atomic E-state index is 12.1. The van der Waals surface area contributed by atoms with E-state index in [0.717, 1.165) is 25.9 Å². The molecule has 0 spiro atoms. The molecule has 1 aromatic carbocycles. The molecule has 0 aliphatic carbocycles. The van der Waals surface area contributed by atoms with E-state index in [1.165, 1.54) is 5.56 Å². The van der Waals surface area contributed by atoms with Gasteiger partial charge in [0.15, 0.2) is 0 Å². The smallest absolute Gasteiger partial charge is 0.220 e. The van der Waals surface area contributed by atoms with Crippen LogP contribution in [0.4, 0.5) is 0 Å². The van der Waals surface area contributed by atoms with Gasteiger partial charge in [-0.2, -0.15) is 0 Å². The molecular weight excluding hydrogens is 272 g/mol. The van der Waals surface area contributed by atoms with Crippen molar-refractivity contribution < 1.29 is 4.79 Å². The van der Waals surface area contributed by atoms with Crippen molar-refractivity contribution in [3.05, 3.63) is 35.9 Å². The molecule has 2 atom stereocenters. The third kappa shape index (κ3) is 6.18. The number of hydrogen-bond acceptors (Lipinski definition) is 2. The van der Waals surface area contributed by atoms with E-state index in [9.17, 15) is 4.79 Å². The van der Waals surface area contributed by atoms with Crippen molar-refractivity contribution in [3.8, 4) is 0 Å². The molecule has 1 rings (SSSR count). The Morgan fingerprint density at radius 3 is 2.32 bits per heavy atom. The second-order valence-corrected chi connectivity index (χ2v) is 6.05. The highest BCUT2D eigenvalue weighted by atomic mass is 16.1. The molecule has 0 aromatic heterocycles. The highest BCUT2D eigenvalue weighted by Gasteiger charge is 2.19. The van der Waals surface area contributed by atoms with Gasteiger partial charge in [0.25, 0.3) is 0 Å². The molecule has 0 fully saturated rings. The molecule has 0 aliphatic rings. The SMILES string of the molecule is CCCC(C)CC(=O)NCC(c1ccccc1)N(CC)CC. The third-order valence-electron chi connectivity index (χ3n) is 4.25. The Labute approximate surface area is 136 Å². The molecule has 1 aromatic rings. The van der Waals surface area contributed by atoms with Crippen LogP contribution in [-0.2, 0) is 4.79 Å². The molecule has 0 saturated carbocycles. The lowest BCUT2D eigenvalue weighted by atomic mass is 10.0. The maximum Gasteiger partial charge on any atom is 0.220 e. The van der Waals surface area contributed by atoms with Crippen molar-refractivity contribution in [2.75, 3.05) is 19.6 Å². The number of likely N-dealkylation sites (N-methyl/N-ethyl adjacent to an activating group) is 1. The van der Waals surface area contributed by atoms with Crippen molar-refractivity contribution in [3.63, 3.8) is 0 Å². The van der Waals surface area contributed by atoms with Gasteiger partial charge in [-0.05, 0) is 24.6 Å². The van der Waals surface area contributed by atoms with Gasteiger partial charge in [-0.25, -0.2) is 0 Å². The first-order chi connectivity index (χ1) is 10.6. The molecule has 1 N–H and O–H groups in total. The molecule has 0 saturated heterocycles. The summed E-state index contributed by atoms with van der Waals surface area (Å²) >= 11 is 0. The Balaban J connectivity index is 2.64. The molecular formula is C19H32N2O. The van der Waals surface area contributed by atoms with Crippen LogP contribution >= 0.6 is 0 Å². The monoisotopic (exact) mass is 304 g/mol. The molecule has 0 radical (unpaired) electrons. The van der Waals surface area contributed by atoms with E-state index in [-0.39, 0.29) is 11.9 Å². The van der Waals surface area contributed by atoms with Gasteiger partial charge in [-0.3, -0.25) is 9.69 Å². The quantitative estimate of drug-likeness (QED) is 0.708. The molecule has 124 valence electrons. The van der Waals surface area contributed by atoms with Crippen molar-refractivity contribution >= 4 is 5.91 Å². The van der Waals surface area contributed by atoms with Crippen LogP contribution in [-0.4, -0.2) is 30.4 Å². The van der Waals surface area contributed by atoms with Crippen molar-refractivity contribution in [2.45, 2.75) is 53.0 Å². The summed E-state index contributed by atoms with van der Waals surface area (Å²) < 4.78 is 0. The largest absolute Gasteiger partial charge is 0.354 e. The first-order valence-electron chi connectivity index (χ1n) is 8.67. The zero-order valence-electron chi connectivity index (χ0n) is 14.6. The molecule has 0 bridgehead atoms. The lowest BCUT2D eigenvalue weighted by molar-refractivity contribution is -0.122. The first kappa shape index (κ1) is 18.7. The summed E-state index contributed by atoms with van der Waals surface area (Å²) in [5, 5.41) is 3.14. The second kappa shape index (κ2) is 10.4. The van der Waals surface area contributed by atoms with Gasteiger partial charge < -0.3 is 5.32 Å². The van der Waals surface area contributed by atoms with Crippen LogP contribution in [0, 0.1) is 5.92 Å². The van der Waals surface area contributed by atoms with Crippen LogP contribution in [0.2, 0.25) is 0 Å². The summed E-state index contributed by atoms with van der Waals surface area (Å²) in [5.74, 6) is 0.641. The standard InChI is InChI=1S/C19H32N2O/c1-5-11-16(4)14-19(22)20-15-18(21(6-2)7-3)17-12-9-8-10-13-17/h8-10,12-13,16,18H,5-7,11,14-15H2,1-4H3,(H,20,22). The summed E-state index contributed by atoms with van der Waals surface area (Å²) in [6.07, 6.45) is 2.89. The number of carbonyl (C=O) groups is 1. The van der Waals surface area contributed by atoms with Crippen LogP contribution in [0.1, 0.15) is 58.6 Å². The van der Waals surface area contributed by atoms with E-state index in [0.29, 0.717) is 18.9 Å². The predicted octanol–water partition coefficient (Wildman–Crippen LogP) is 4.01. The van der Waals surface area contributed by atoms with Gasteiger partial charge in [0.2, 0.25) is 5.91 Å².